The van der Waals surface area contributed by atoms with Gasteiger partial charge in [-0.3, -0.25) is 4.98 Å². The number of rotatable bonds is 5. The second-order valence-electron chi connectivity index (χ2n) is 5.86. The lowest BCUT2D eigenvalue weighted by Gasteiger charge is -2.17. The molecule has 3 rings (SSSR count). The highest BCUT2D eigenvalue weighted by molar-refractivity contribution is 7.07. The van der Waals surface area contributed by atoms with E-state index in [2.05, 4.69) is 28.8 Å². The Hall–Kier alpha value is -1.62. The van der Waals surface area contributed by atoms with Crippen LogP contribution in [-0.4, -0.2) is 9.55 Å². The predicted molar refractivity (Wildman–Crippen MR) is 107 cm³/mol. The number of halogens is 2. The van der Waals surface area contributed by atoms with Crippen LogP contribution in [0.1, 0.15) is 32.7 Å². The molecule has 0 N–H and O–H groups in total. The molecule has 0 saturated heterocycles. The van der Waals surface area contributed by atoms with Crippen LogP contribution in [0.5, 0.6) is 0 Å². The maximum absolute atomic E-state index is 6.22. The van der Waals surface area contributed by atoms with Gasteiger partial charge in [0.1, 0.15) is 0 Å². The van der Waals surface area contributed by atoms with E-state index >= 15 is 0 Å². The maximum Gasteiger partial charge on any atom is 0.190 e. The van der Waals surface area contributed by atoms with Gasteiger partial charge >= 0.3 is 0 Å². The number of hydrogen-bond donors (Lipinski definition) is 0. The third-order valence-electron chi connectivity index (χ3n) is 3.97. The van der Waals surface area contributed by atoms with Crippen molar-refractivity contribution in [3.63, 3.8) is 0 Å². The van der Waals surface area contributed by atoms with Gasteiger partial charge in [0.05, 0.1) is 27.6 Å². The Kier molecular flexibility index (Phi) is 5.94. The Morgan fingerprint density at radius 2 is 2.08 bits per heavy atom. The molecule has 0 radical (unpaired) electrons. The van der Waals surface area contributed by atoms with Crippen molar-refractivity contribution in [2.24, 2.45) is 4.99 Å². The van der Waals surface area contributed by atoms with Crippen LogP contribution in [-0.2, 0) is 0 Å². The zero-order chi connectivity index (χ0) is 17.8. The first-order valence-electron chi connectivity index (χ1n) is 8.20. The van der Waals surface area contributed by atoms with Crippen LogP contribution in [0.2, 0.25) is 10.0 Å². The van der Waals surface area contributed by atoms with Crippen molar-refractivity contribution in [1.82, 2.24) is 9.55 Å². The molecule has 25 heavy (non-hydrogen) atoms. The molecule has 3 nitrogen and oxygen atoms in total. The summed E-state index contributed by atoms with van der Waals surface area (Å²) in [6, 6.07) is 9.93. The summed E-state index contributed by atoms with van der Waals surface area (Å²) in [6.45, 7) is 4.42. The van der Waals surface area contributed by atoms with Gasteiger partial charge in [-0.05, 0) is 37.6 Å². The normalized spacial score (nSPS) is 13.2. The highest BCUT2D eigenvalue weighted by Crippen LogP contribution is 2.31. The molecule has 130 valence electrons. The van der Waals surface area contributed by atoms with E-state index in [1.807, 2.05) is 30.3 Å². The van der Waals surface area contributed by atoms with E-state index in [0.29, 0.717) is 16.1 Å². The Balaban J connectivity index is 2.16. The fourth-order valence-corrected chi connectivity index (χ4v) is 4.09. The lowest BCUT2D eigenvalue weighted by Crippen LogP contribution is -2.19. The molecule has 2 heterocycles. The summed E-state index contributed by atoms with van der Waals surface area (Å²) in [5.74, 6) is 0. The van der Waals surface area contributed by atoms with E-state index in [0.717, 1.165) is 34.6 Å². The molecular formula is C19H19Cl2N3S. The lowest BCUT2D eigenvalue weighted by atomic mass is 10.1. The molecule has 1 aromatic carbocycles. The van der Waals surface area contributed by atoms with E-state index in [9.17, 15) is 0 Å². The quantitative estimate of drug-likeness (QED) is 0.487. The number of thiazole rings is 1. The van der Waals surface area contributed by atoms with Crippen LogP contribution in [0, 0.1) is 0 Å². The third kappa shape index (κ3) is 4.14. The van der Waals surface area contributed by atoms with Crippen LogP contribution in [0.25, 0.3) is 11.3 Å². The van der Waals surface area contributed by atoms with Gasteiger partial charge in [-0.25, -0.2) is 4.99 Å². The first kappa shape index (κ1) is 18.2. The number of nitrogens with zero attached hydrogens (tertiary/aromatic N) is 3. The molecule has 0 spiro atoms. The molecule has 0 fully saturated rings. The van der Waals surface area contributed by atoms with Crippen molar-refractivity contribution < 1.29 is 0 Å². The van der Waals surface area contributed by atoms with Crippen molar-refractivity contribution in [3.05, 3.63) is 63.0 Å². The van der Waals surface area contributed by atoms with Crippen molar-refractivity contribution in [2.75, 3.05) is 0 Å². The summed E-state index contributed by atoms with van der Waals surface area (Å²) < 4.78 is 2.28. The lowest BCUT2D eigenvalue weighted by molar-refractivity contribution is 0.495. The molecule has 2 aromatic heterocycles. The van der Waals surface area contributed by atoms with Crippen LogP contribution < -0.4 is 4.80 Å². The highest BCUT2D eigenvalue weighted by atomic mass is 35.5. The standard InChI is InChI=1S/C19H19Cl2N3S/c1-3-5-13(2)24-18(14-7-8-16(20)17(21)10-14)12-25-19(24)23-15-6-4-9-22-11-15/h4,6-13H,3,5H2,1-2H3. The summed E-state index contributed by atoms with van der Waals surface area (Å²) in [5, 5.41) is 3.25. The van der Waals surface area contributed by atoms with Gasteiger partial charge in [-0.15, -0.1) is 11.3 Å². The summed E-state index contributed by atoms with van der Waals surface area (Å²) in [6.07, 6.45) is 5.71. The molecule has 0 saturated carbocycles. The van der Waals surface area contributed by atoms with Gasteiger partial charge in [0.15, 0.2) is 4.80 Å². The minimum atomic E-state index is 0.330. The summed E-state index contributed by atoms with van der Waals surface area (Å²) in [7, 11) is 0. The van der Waals surface area contributed by atoms with E-state index in [-0.39, 0.29) is 0 Å². The van der Waals surface area contributed by atoms with Crippen LogP contribution in [0.15, 0.2) is 53.1 Å². The largest absolute Gasteiger partial charge is 0.314 e. The predicted octanol–water partition coefficient (Wildman–Crippen LogP) is 6.51. The minimum absolute atomic E-state index is 0.330. The van der Waals surface area contributed by atoms with Crippen LogP contribution >= 0.6 is 34.5 Å². The number of benzene rings is 1. The van der Waals surface area contributed by atoms with Crippen molar-refractivity contribution >= 4 is 40.2 Å². The average molecular weight is 392 g/mol. The molecule has 1 unspecified atom stereocenters. The molecule has 0 aliphatic heterocycles. The van der Waals surface area contributed by atoms with E-state index in [1.54, 1.807) is 23.7 Å². The van der Waals surface area contributed by atoms with Gasteiger partial charge in [0.2, 0.25) is 0 Å². The molecular weight excluding hydrogens is 373 g/mol. The number of aromatic nitrogens is 2. The third-order valence-corrected chi connectivity index (χ3v) is 5.55. The van der Waals surface area contributed by atoms with Crippen molar-refractivity contribution in [2.45, 2.75) is 32.7 Å². The zero-order valence-corrected chi connectivity index (χ0v) is 16.4. The maximum atomic E-state index is 6.22. The highest BCUT2D eigenvalue weighted by Gasteiger charge is 2.14. The van der Waals surface area contributed by atoms with Gasteiger partial charge in [-0.2, -0.15) is 0 Å². The summed E-state index contributed by atoms with van der Waals surface area (Å²) in [4.78, 5) is 9.89. The second kappa shape index (κ2) is 8.17. The Morgan fingerprint density at radius 3 is 2.76 bits per heavy atom. The molecule has 0 aliphatic carbocycles. The monoisotopic (exact) mass is 391 g/mol. The molecule has 1 atom stereocenters. The van der Waals surface area contributed by atoms with Crippen molar-refractivity contribution in [1.29, 1.82) is 0 Å². The smallest absolute Gasteiger partial charge is 0.190 e. The SMILES string of the molecule is CCCC(C)n1c(-c2ccc(Cl)c(Cl)c2)csc1=Nc1cccnc1. The van der Waals surface area contributed by atoms with Gasteiger partial charge in [-0.1, -0.05) is 42.6 Å². The molecule has 6 heteroatoms. The van der Waals surface area contributed by atoms with Gasteiger partial charge < -0.3 is 4.57 Å². The Morgan fingerprint density at radius 1 is 1.24 bits per heavy atom. The van der Waals surface area contributed by atoms with Gasteiger partial charge in [0, 0.05) is 23.2 Å². The molecule has 0 amide bonds. The first-order chi connectivity index (χ1) is 12.1. The average Bonchev–Trinajstić information content (AvgIpc) is 3.02. The minimum Gasteiger partial charge on any atom is -0.314 e. The fraction of sp³-hybridized carbons (Fsp3) is 0.263. The van der Waals surface area contributed by atoms with Gasteiger partial charge in [0.25, 0.3) is 0 Å². The van der Waals surface area contributed by atoms with E-state index in [4.69, 9.17) is 28.2 Å². The zero-order valence-electron chi connectivity index (χ0n) is 14.1. The molecule has 3 aromatic rings. The van der Waals surface area contributed by atoms with E-state index in [1.165, 1.54) is 0 Å². The molecule has 0 bridgehead atoms. The van der Waals surface area contributed by atoms with Crippen LogP contribution in [0.3, 0.4) is 0 Å². The first-order valence-corrected chi connectivity index (χ1v) is 9.84. The van der Waals surface area contributed by atoms with Crippen LogP contribution in [0.4, 0.5) is 5.69 Å². The second-order valence-corrected chi connectivity index (χ2v) is 7.51. The topological polar surface area (TPSA) is 30.2 Å². The Labute approximate surface area is 161 Å². The van der Waals surface area contributed by atoms with E-state index < -0.39 is 0 Å². The summed E-state index contributed by atoms with van der Waals surface area (Å²) >= 11 is 13.9. The van der Waals surface area contributed by atoms with Crippen molar-refractivity contribution in [3.8, 4) is 11.3 Å². The molecule has 0 aliphatic rings. The Bertz CT molecular complexity index is 916. The fourth-order valence-electron chi connectivity index (χ4n) is 2.77. The number of pyridine rings is 1. The number of hydrogen-bond acceptors (Lipinski definition) is 3. The summed E-state index contributed by atoms with van der Waals surface area (Å²) in [5.41, 5.74) is 3.00.